The molecule has 0 aliphatic carbocycles. The number of carbonyl (C=O) groups is 1. The molecule has 1 aromatic carbocycles. The Kier molecular flexibility index (Phi) is 3.93. The standard InChI is InChI=1S/C11H9BrFN3OS/c12-8-2-1-7(13)3-6(8)4-15-10(17)9-5-16-11(14)18-9/h1-3,5H,4H2,(H2,14,16)(H,15,17). The van der Waals surface area contributed by atoms with Gasteiger partial charge in [-0.25, -0.2) is 9.37 Å². The normalized spacial score (nSPS) is 10.3. The number of hydrogen-bond donors (Lipinski definition) is 2. The molecular formula is C11H9BrFN3OS. The van der Waals surface area contributed by atoms with Crippen molar-refractivity contribution in [3.8, 4) is 0 Å². The molecule has 94 valence electrons. The number of nitrogen functional groups attached to an aromatic ring is 1. The second-order valence-corrected chi connectivity index (χ2v) is 5.40. The third kappa shape index (κ3) is 3.05. The first-order valence-corrected chi connectivity index (χ1v) is 6.60. The molecule has 2 rings (SSSR count). The number of rotatable bonds is 3. The van der Waals surface area contributed by atoms with E-state index in [4.69, 9.17) is 5.73 Å². The molecule has 3 N–H and O–H groups in total. The van der Waals surface area contributed by atoms with E-state index in [1.54, 1.807) is 6.07 Å². The average Bonchev–Trinajstić information content (AvgIpc) is 2.77. The molecule has 0 unspecified atom stereocenters. The van der Waals surface area contributed by atoms with Gasteiger partial charge < -0.3 is 11.1 Å². The summed E-state index contributed by atoms with van der Waals surface area (Å²) < 4.78 is 13.8. The van der Waals surface area contributed by atoms with Crippen molar-refractivity contribution in [1.29, 1.82) is 0 Å². The van der Waals surface area contributed by atoms with Crippen LogP contribution in [0.2, 0.25) is 0 Å². The SMILES string of the molecule is Nc1ncc(C(=O)NCc2cc(F)ccc2Br)s1. The van der Waals surface area contributed by atoms with Crippen LogP contribution in [0, 0.1) is 5.82 Å². The summed E-state index contributed by atoms with van der Waals surface area (Å²) in [4.78, 5) is 15.9. The molecule has 1 heterocycles. The number of nitrogens with two attached hydrogens (primary N) is 1. The quantitative estimate of drug-likeness (QED) is 0.909. The van der Waals surface area contributed by atoms with Crippen LogP contribution >= 0.6 is 27.3 Å². The van der Waals surface area contributed by atoms with Crippen LogP contribution in [-0.4, -0.2) is 10.9 Å². The number of nitrogens with one attached hydrogen (secondary N) is 1. The summed E-state index contributed by atoms with van der Waals surface area (Å²) in [6.45, 7) is 0.231. The van der Waals surface area contributed by atoms with Gasteiger partial charge in [0.05, 0.1) is 6.20 Å². The van der Waals surface area contributed by atoms with Crippen molar-refractivity contribution in [2.45, 2.75) is 6.54 Å². The van der Waals surface area contributed by atoms with Crippen molar-refractivity contribution in [3.05, 3.63) is 45.1 Å². The van der Waals surface area contributed by atoms with Crippen molar-refractivity contribution >= 4 is 38.3 Å². The Bertz CT molecular complexity index is 587. The predicted octanol–water partition coefficient (Wildman–Crippen LogP) is 2.56. The lowest BCUT2D eigenvalue weighted by molar-refractivity contribution is 0.0954. The Hall–Kier alpha value is -1.47. The largest absolute Gasteiger partial charge is 0.375 e. The van der Waals surface area contributed by atoms with E-state index in [1.807, 2.05) is 0 Å². The number of aromatic nitrogens is 1. The third-order valence-corrected chi connectivity index (χ3v) is 3.79. The molecule has 0 spiro atoms. The molecule has 4 nitrogen and oxygen atoms in total. The summed E-state index contributed by atoms with van der Waals surface area (Å²) >= 11 is 4.40. The van der Waals surface area contributed by atoms with Crippen molar-refractivity contribution in [2.24, 2.45) is 0 Å². The molecule has 0 fully saturated rings. The second kappa shape index (κ2) is 5.45. The van der Waals surface area contributed by atoms with Gasteiger partial charge in [0, 0.05) is 11.0 Å². The zero-order chi connectivity index (χ0) is 13.1. The Morgan fingerprint density at radius 1 is 1.56 bits per heavy atom. The van der Waals surface area contributed by atoms with Crippen molar-refractivity contribution < 1.29 is 9.18 Å². The predicted molar refractivity (Wildman–Crippen MR) is 71.8 cm³/mol. The third-order valence-electron chi connectivity index (χ3n) is 2.19. The molecule has 0 saturated heterocycles. The van der Waals surface area contributed by atoms with Gasteiger partial charge in [0.2, 0.25) is 0 Å². The van der Waals surface area contributed by atoms with Crippen LogP contribution in [0.25, 0.3) is 0 Å². The second-order valence-electron chi connectivity index (χ2n) is 3.48. The minimum atomic E-state index is -0.343. The van der Waals surface area contributed by atoms with E-state index in [9.17, 15) is 9.18 Å². The number of thiazole rings is 1. The maximum Gasteiger partial charge on any atom is 0.263 e. The number of hydrogen-bond acceptors (Lipinski definition) is 4. The Morgan fingerprint density at radius 2 is 2.33 bits per heavy atom. The lowest BCUT2D eigenvalue weighted by Crippen LogP contribution is -2.22. The van der Waals surface area contributed by atoms with Crippen LogP contribution in [0.4, 0.5) is 9.52 Å². The average molecular weight is 330 g/mol. The van der Waals surface area contributed by atoms with Crippen molar-refractivity contribution in [3.63, 3.8) is 0 Å². The molecule has 18 heavy (non-hydrogen) atoms. The fourth-order valence-corrected chi connectivity index (χ4v) is 2.32. The number of amides is 1. The molecule has 1 amide bonds. The van der Waals surface area contributed by atoms with Gasteiger partial charge >= 0.3 is 0 Å². The number of anilines is 1. The number of nitrogens with zero attached hydrogens (tertiary/aromatic N) is 1. The van der Waals surface area contributed by atoms with Gasteiger partial charge in [-0.05, 0) is 23.8 Å². The van der Waals surface area contributed by atoms with E-state index < -0.39 is 0 Å². The van der Waals surface area contributed by atoms with Gasteiger partial charge in [-0.3, -0.25) is 4.79 Å². The minimum absolute atomic E-state index is 0.231. The first-order chi connectivity index (χ1) is 8.56. The van der Waals surface area contributed by atoms with E-state index in [-0.39, 0.29) is 18.3 Å². The van der Waals surface area contributed by atoms with Gasteiger partial charge in [0.15, 0.2) is 5.13 Å². The van der Waals surface area contributed by atoms with Crippen LogP contribution in [0.1, 0.15) is 15.2 Å². The molecule has 2 aromatic rings. The summed E-state index contributed by atoms with van der Waals surface area (Å²) in [5.41, 5.74) is 6.11. The molecule has 0 saturated carbocycles. The van der Waals surface area contributed by atoms with Crippen molar-refractivity contribution in [2.75, 3.05) is 5.73 Å². The molecule has 1 aromatic heterocycles. The maximum absolute atomic E-state index is 13.0. The zero-order valence-corrected chi connectivity index (χ0v) is 11.5. The summed E-state index contributed by atoms with van der Waals surface area (Å²) in [5, 5.41) is 3.02. The number of carbonyl (C=O) groups excluding carboxylic acids is 1. The monoisotopic (exact) mass is 329 g/mol. The van der Waals surface area contributed by atoms with E-state index in [0.29, 0.717) is 15.6 Å². The van der Waals surface area contributed by atoms with Crippen molar-refractivity contribution in [1.82, 2.24) is 10.3 Å². The van der Waals surface area contributed by atoms with Gasteiger partial charge in [0.25, 0.3) is 5.91 Å². The summed E-state index contributed by atoms with van der Waals surface area (Å²) in [7, 11) is 0. The highest BCUT2D eigenvalue weighted by molar-refractivity contribution is 9.10. The molecule has 0 aliphatic rings. The summed E-state index contributed by atoms with van der Waals surface area (Å²) in [6.07, 6.45) is 1.41. The smallest absolute Gasteiger partial charge is 0.263 e. The highest BCUT2D eigenvalue weighted by atomic mass is 79.9. The molecule has 0 aliphatic heterocycles. The molecule has 0 radical (unpaired) electrons. The Morgan fingerprint density at radius 3 is 3.00 bits per heavy atom. The van der Waals surface area contributed by atoms with Gasteiger partial charge in [0.1, 0.15) is 10.7 Å². The summed E-state index contributed by atoms with van der Waals surface area (Å²) in [6, 6.07) is 4.31. The number of benzene rings is 1. The molecule has 0 atom stereocenters. The van der Waals surface area contributed by atoms with E-state index in [1.165, 1.54) is 18.3 Å². The number of halogens is 2. The first-order valence-electron chi connectivity index (χ1n) is 4.99. The highest BCUT2D eigenvalue weighted by Crippen LogP contribution is 2.18. The topological polar surface area (TPSA) is 68.0 Å². The van der Waals surface area contributed by atoms with Crippen LogP contribution in [-0.2, 0) is 6.54 Å². The van der Waals surface area contributed by atoms with E-state index >= 15 is 0 Å². The van der Waals surface area contributed by atoms with Gasteiger partial charge in [-0.1, -0.05) is 27.3 Å². The fraction of sp³-hybridized carbons (Fsp3) is 0.0909. The van der Waals surface area contributed by atoms with Crippen LogP contribution in [0.15, 0.2) is 28.9 Å². The van der Waals surface area contributed by atoms with E-state index in [0.717, 1.165) is 15.8 Å². The maximum atomic E-state index is 13.0. The first kappa shape index (κ1) is 13.0. The highest BCUT2D eigenvalue weighted by Gasteiger charge is 2.10. The summed E-state index contributed by atoms with van der Waals surface area (Å²) in [5.74, 6) is -0.621. The Labute approximate surface area is 115 Å². The Balaban J connectivity index is 2.03. The van der Waals surface area contributed by atoms with Gasteiger partial charge in [-0.15, -0.1) is 0 Å². The van der Waals surface area contributed by atoms with Crippen LogP contribution in [0.5, 0.6) is 0 Å². The van der Waals surface area contributed by atoms with Crippen LogP contribution in [0.3, 0.4) is 0 Å². The lowest BCUT2D eigenvalue weighted by atomic mass is 10.2. The lowest BCUT2D eigenvalue weighted by Gasteiger charge is -2.06. The zero-order valence-electron chi connectivity index (χ0n) is 9.11. The molecular weight excluding hydrogens is 321 g/mol. The molecule has 0 bridgehead atoms. The van der Waals surface area contributed by atoms with Crippen LogP contribution < -0.4 is 11.1 Å². The minimum Gasteiger partial charge on any atom is -0.375 e. The van der Waals surface area contributed by atoms with Gasteiger partial charge in [-0.2, -0.15) is 0 Å². The van der Waals surface area contributed by atoms with E-state index in [2.05, 4.69) is 26.2 Å². The molecule has 7 heteroatoms. The fourth-order valence-electron chi connectivity index (χ4n) is 1.33.